The Morgan fingerprint density at radius 1 is 1.24 bits per heavy atom. The number of fused-ring (bicyclic) bond motifs is 1. The standard InChI is InChI=1S/C14H10Br2N2OS2/c15-7-1-2-10-11(4-7)21-13(12(10)17)14(19)18-5-9-3-8(16)6-20-9/h1-4,6H,5,17H2,(H,18,19). The number of rotatable bonds is 3. The molecule has 0 unspecified atom stereocenters. The van der Waals surface area contributed by atoms with Crippen molar-refractivity contribution in [2.24, 2.45) is 0 Å². The molecule has 0 spiro atoms. The average Bonchev–Trinajstić information content (AvgIpc) is 3.00. The van der Waals surface area contributed by atoms with Crippen LogP contribution < -0.4 is 11.1 Å². The zero-order valence-corrected chi connectivity index (χ0v) is 15.5. The number of thiophene rings is 2. The van der Waals surface area contributed by atoms with Gasteiger partial charge < -0.3 is 11.1 Å². The van der Waals surface area contributed by atoms with Gasteiger partial charge in [-0.15, -0.1) is 22.7 Å². The topological polar surface area (TPSA) is 55.1 Å². The summed E-state index contributed by atoms with van der Waals surface area (Å²) in [5.41, 5.74) is 6.64. The third-order valence-corrected chi connectivity index (χ3v) is 6.30. The van der Waals surface area contributed by atoms with Crippen molar-refractivity contribution >= 4 is 76.2 Å². The molecular weight excluding hydrogens is 436 g/mol. The molecule has 3 nitrogen and oxygen atoms in total. The molecule has 21 heavy (non-hydrogen) atoms. The van der Waals surface area contributed by atoms with Crippen LogP contribution in [0.4, 0.5) is 5.69 Å². The van der Waals surface area contributed by atoms with Gasteiger partial charge in [0.05, 0.1) is 12.2 Å². The van der Waals surface area contributed by atoms with Crippen molar-refractivity contribution in [2.75, 3.05) is 5.73 Å². The molecule has 2 heterocycles. The number of nitrogen functional groups attached to an aromatic ring is 1. The monoisotopic (exact) mass is 444 g/mol. The average molecular weight is 446 g/mol. The summed E-state index contributed by atoms with van der Waals surface area (Å²) in [5, 5.41) is 5.83. The molecule has 0 atom stereocenters. The predicted molar refractivity (Wildman–Crippen MR) is 97.1 cm³/mol. The molecule has 0 fully saturated rings. The summed E-state index contributed by atoms with van der Waals surface area (Å²) < 4.78 is 3.01. The van der Waals surface area contributed by atoms with Crippen LogP contribution in [0.25, 0.3) is 10.1 Å². The maximum Gasteiger partial charge on any atom is 0.263 e. The minimum absolute atomic E-state index is 0.130. The molecule has 0 radical (unpaired) electrons. The summed E-state index contributed by atoms with van der Waals surface area (Å²) in [6.45, 7) is 0.506. The zero-order chi connectivity index (χ0) is 15.0. The second-order valence-electron chi connectivity index (χ2n) is 4.40. The van der Waals surface area contributed by atoms with Gasteiger partial charge in [-0.25, -0.2) is 0 Å². The number of amides is 1. The van der Waals surface area contributed by atoms with Crippen LogP contribution in [0.2, 0.25) is 0 Å². The van der Waals surface area contributed by atoms with Crippen LogP contribution in [0.5, 0.6) is 0 Å². The first kappa shape index (κ1) is 15.0. The van der Waals surface area contributed by atoms with Crippen molar-refractivity contribution in [1.29, 1.82) is 0 Å². The van der Waals surface area contributed by atoms with Crippen molar-refractivity contribution in [1.82, 2.24) is 5.32 Å². The zero-order valence-electron chi connectivity index (χ0n) is 10.7. The number of nitrogens with two attached hydrogens (primary N) is 1. The van der Waals surface area contributed by atoms with Crippen LogP contribution in [0.3, 0.4) is 0 Å². The molecule has 2 aromatic heterocycles. The highest BCUT2D eigenvalue weighted by atomic mass is 79.9. The Bertz CT molecular complexity index is 826. The van der Waals surface area contributed by atoms with E-state index in [1.165, 1.54) is 11.3 Å². The summed E-state index contributed by atoms with van der Waals surface area (Å²) in [6.07, 6.45) is 0. The summed E-state index contributed by atoms with van der Waals surface area (Å²) >= 11 is 9.85. The Kier molecular flexibility index (Phi) is 4.35. The van der Waals surface area contributed by atoms with E-state index in [1.54, 1.807) is 11.3 Å². The van der Waals surface area contributed by atoms with Crippen LogP contribution in [0, 0.1) is 0 Å². The van der Waals surface area contributed by atoms with Crippen molar-refractivity contribution in [2.45, 2.75) is 6.54 Å². The molecule has 1 aromatic carbocycles. The van der Waals surface area contributed by atoms with E-state index in [0.29, 0.717) is 17.1 Å². The number of carbonyl (C=O) groups excluding carboxylic acids is 1. The first-order chi connectivity index (χ1) is 10.0. The molecule has 0 aliphatic rings. The third kappa shape index (κ3) is 3.15. The number of nitrogens with one attached hydrogen (secondary N) is 1. The minimum atomic E-state index is -0.130. The first-order valence-corrected chi connectivity index (χ1v) is 9.31. The van der Waals surface area contributed by atoms with Gasteiger partial charge in [0.25, 0.3) is 5.91 Å². The predicted octanol–water partition coefficient (Wildman–Crippen LogP) is 5.00. The van der Waals surface area contributed by atoms with Gasteiger partial charge in [-0.1, -0.05) is 22.0 Å². The van der Waals surface area contributed by atoms with Crippen LogP contribution in [-0.2, 0) is 6.54 Å². The summed E-state index contributed by atoms with van der Waals surface area (Å²) in [5.74, 6) is -0.130. The van der Waals surface area contributed by atoms with Crippen LogP contribution >= 0.6 is 54.5 Å². The van der Waals surface area contributed by atoms with Gasteiger partial charge in [-0.05, 0) is 34.1 Å². The molecule has 0 aliphatic heterocycles. The number of benzene rings is 1. The number of hydrogen-bond acceptors (Lipinski definition) is 4. The van der Waals surface area contributed by atoms with Gasteiger partial charge in [0, 0.05) is 29.3 Å². The number of hydrogen-bond donors (Lipinski definition) is 2. The second-order valence-corrected chi connectivity index (χ2v) is 8.28. The quantitative estimate of drug-likeness (QED) is 0.595. The highest BCUT2D eigenvalue weighted by Gasteiger charge is 2.16. The fraction of sp³-hybridized carbons (Fsp3) is 0.0714. The van der Waals surface area contributed by atoms with Gasteiger partial charge in [0.1, 0.15) is 4.88 Å². The Morgan fingerprint density at radius 3 is 2.76 bits per heavy atom. The largest absolute Gasteiger partial charge is 0.397 e. The van der Waals surface area contributed by atoms with E-state index in [2.05, 4.69) is 37.2 Å². The van der Waals surface area contributed by atoms with Gasteiger partial charge in [0.15, 0.2) is 0 Å². The molecule has 7 heteroatoms. The van der Waals surface area contributed by atoms with E-state index in [0.717, 1.165) is 23.9 Å². The first-order valence-electron chi connectivity index (χ1n) is 6.03. The fourth-order valence-electron chi connectivity index (χ4n) is 1.95. The maximum atomic E-state index is 12.3. The van der Waals surface area contributed by atoms with Gasteiger partial charge >= 0.3 is 0 Å². The number of anilines is 1. The number of halogens is 2. The molecule has 0 saturated carbocycles. The van der Waals surface area contributed by atoms with Crippen molar-refractivity contribution in [3.8, 4) is 0 Å². The van der Waals surface area contributed by atoms with Crippen LogP contribution in [0.1, 0.15) is 14.5 Å². The summed E-state index contributed by atoms with van der Waals surface area (Å²) in [4.78, 5) is 14.0. The van der Waals surface area contributed by atoms with E-state index in [9.17, 15) is 4.79 Å². The molecule has 0 saturated heterocycles. The fourth-order valence-corrected chi connectivity index (χ4v) is 4.94. The normalized spacial score (nSPS) is 11.0. The molecule has 3 rings (SSSR count). The van der Waals surface area contributed by atoms with Crippen LogP contribution in [0.15, 0.2) is 38.6 Å². The van der Waals surface area contributed by atoms with E-state index in [1.807, 2.05) is 29.6 Å². The third-order valence-electron chi connectivity index (χ3n) is 2.94. The number of carbonyl (C=O) groups is 1. The van der Waals surface area contributed by atoms with Gasteiger partial charge in [-0.3, -0.25) is 4.79 Å². The van der Waals surface area contributed by atoms with E-state index >= 15 is 0 Å². The summed E-state index contributed by atoms with van der Waals surface area (Å²) in [7, 11) is 0. The van der Waals surface area contributed by atoms with E-state index < -0.39 is 0 Å². The second kappa shape index (κ2) is 6.08. The molecule has 0 bridgehead atoms. The Balaban J connectivity index is 1.82. The Labute approximate surface area is 146 Å². The van der Waals surface area contributed by atoms with Crippen molar-refractivity contribution < 1.29 is 4.79 Å². The molecule has 0 aliphatic carbocycles. The lowest BCUT2D eigenvalue weighted by molar-refractivity contribution is 0.0956. The maximum absolute atomic E-state index is 12.3. The SMILES string of the molecule is Nc1c(C(=O)NCc2cc(Br)cs2)sc2cc(Br)ccc12. The molecule has 1 amide bonds. The molecular formula is C14H10Br2N2OS2. The lowest BCUT2D eigenvalue weighted by Crippen LogP contribution is -2.22. The highest BCUT2D eigenvalue weighted by Crippen LogP contribution is 2.35. The minimum Gasteiger partial charge on any atom is -0.397 e. The molecule has 3 aromatic rings. The van der Waals surface area contributed by atoms with Crippen LogP contribution in [-0.4, -0.2) is 5.91 Å². The Morgan fingerprint density at radius 2 is 2.05 bits per heavy atom. The molecule has 3 N–H and O–H groups in total. The van der Waals surface area contributed by atoms with Gasteiger partial charge in [-0.2, -0.15) is 0 Å². The van der Waals surface area contributed by atoms with Gasteiger partial charge in [0.2, 0.25) is 0 Å². The van der Waals surface area contributed by atoms with Crippen molar-refractivity contribution in [3.05, 3.63) is 48.3 Å². The lowest BCUT2D eigenvalue weighted by Gasteiger charge is -2.02. The Hall–Kier alpha value is -0.890. The van der Waals surface area contributed by atoms with E-state index in [4.69, 9.17) is 5.73 Å². The summed E-state index contributed by atoms with van der Waals surface area (Å²) in [6, 6.07) is 7.83. The molecule has 108 valence electrons. The smallest absolute Gasteiger partial charge is 0.263 e. The lowest BCUT2D eigenvalue weighted by atomic mass is 10.2. The van der Waals surface area contributed by atoms with Crippen molar-refractivity contribution in [3.63, 3.8) is 0 Å². The van der Waals surface area contributed by atoms with E-state index in [-0.39, 0.29) is 5.91 Å². The highest BCUT2D eigenvalue weighted by molar-refractivity contribution is 9.10.